The van der Waals surface area contributed by atoms with E-state index in [0.717, 1.165) is 17.2 Å². The minimum Gasteiger partial charge on any atom is -0.378 e. The first-order valence-corrected chi connectivity index (χ1v) is 5.39. The number of aromatic nitrogens is 2. The van der Waals surface area contributed by atoms with E-state index in [4.69, 9.17) is 10.5 Å². The number of aryl methyl sites for hydroxylation is 1. The average molecular weight is 209 g/mol. The van der Waals surface area contributed by atoms with E-state index in [1.54, 1.807) is 7.11 Å². The summed E-state index contributed by atoms with van der Waals surface area (Å²) in [5.41, 5.74) is 8.00. The Bertz CT molecular complexity index is 353. The normalized spacial score (nSPS) is 20.3. The molecule has 1 aromatic heterocycles. The zero-order chi connectivity index (χ0) is 11.1. The molecule has 4 nitrogen and oxygen atoms in total. The highest BCUT2D eigenvalue weighted by Crippen LogP contribution is 2.42. The zero-order valence-electron chi connectivity index (χ0n) is 9.63. The zero-order valence-corrected chi connectivity index (χ0v) is 9.63. The Kier molecular flexibility index (Phi) is 2.56. The number of methoxy groups -OCH3 is 1. The van der Waals surface area contributed by atoms with Crippen LogP contribution in [0.3, 0.4) is 0 Å². The molecule has 0 amide bonds. The summed E-state index contributed by atoms with van der Waals surface area (Å²) in [5, 5.41) is 0. The summed E-state index contributed by atoms with van der Waals surface area (Å²) in [4.78, 5) is 7.80. The molecule has 1 fully saturated rings. The Morgan fingerprint density at radius 3 is 2.80 bits per heavy atom. The molecule has 0 radical (unpaired) electrons. The van der Waals surface area contributed by atoms with Gasteiger partial charge in [-0.1, -0.05) is 0 Å². The quantitative estimate of drug-likeness (QED) is 0.788. The minimum atomic E-state index is -0.309. The average Bonchev–Trinajstić information content (AvgIpc) is 2.94. The Balaban J connectivity index is 2.24. The second kappa shape index (κ2) is 3.61. The number of aromatic amines is 1. The fraction of sp³-hybridized carbons (Fsp3) is 0.727. The number of hydrogen-bond donors (Lipinski definition) is 2. The van der Waals surface area contributed by atoms with Crippen molar-refractivity contribution in [2.45, 2.75) is 38.8 Å². The number of nitrogens with two attached hydrogens (primary N) is 1. The third kappa shape index (κ3) is 1.92. The van der Waals surface area contributed by atoms with Gasteiger partial charge in [0.2, 0.25) is 0 Å². The highest BCUT2D eigenvalue weighted by atomic mass is 16.5. The first-order chi connectivity index (χ1) is 7.05. The van der Waals surface area contributed by atoms with Gasteiger partial charge < -0.3 is 15.5 Å². The summed E-state index contributed by atoms with van der Waals surface area (Å²) in [6.45, 7) is 4.61. The molecule has 1 aliphatic rings. The predicted molar refractivity (Wildman–Crippen MR) is 58.3 cm³/mol. The van der Waals surface area contributed by atoms with Crippen molar-refractivity contribution in [1.82, 2.24) is 9.97 Å². The van der Waals surface area contributed by atoms with Gasteiger partial charge >= 0.3 is 0 Å². The lowest BCUT2D eigenvalue weighted by Gasteiger charge is -2.21. The maximum atomic E-state index is 6.29. The van der Waals surface area contributed by atoms with Crippen LogP contribution in [0.15, 0.2) is 0 Å². The van der Waals surface area contributed by atoms with E-state index in [0.29, 0.717) is 12.5 Å². The van der Waals surface area contributed by atoms with Crippen molar-refractivity contribution in [1.29, 1.82) is 0 Å². The van der Waals surface area contributed by atoms with Crippen molar-refractivity contribution in [2.75, 3.05) is 7.11 Å². The topological polar surface area (TPSA) is 63.9 Å². The minimum absolute atomic E-state index is 0.309. The van der Waals surface area contributed by atoms with Crippen LogP contribution in [0, 0.1) is 12.8 Å². The van der Waals surface area contributed by atoms with Gasteiger partial charge in [-0.15, -0.1) is 0 Å². The Hall–Kier alpha value is -0.870. The van der Waals surface area contributed by atoms with E-state index in [9.17, 15) is 0 Å². The van der Waals surface area contributed by atoms with Crippen molar-refractivity contribution in [2.24, 2.45) is 11.7 Å². The monoisotopic (exact) mass is 209 g/mol. The van der Waals surface area contributed by atoms with Gasteiger partial charge in [0.25, 0.3) is 0 Å². The molecule has 1 unspecified atom stereocenters. The van der Waals surface area contributed by atoms with E-state index in [1.165, 1.54) is 12.8 Å². The first kappa shape index (κ1) is 10.6. The van der Waals surface area contributed by atoms with E-state index in [2.05, 4.69) is 16.9 Å². The molecule has 1 aliphatic carbocycles. The predicted octanol–water partition coefficient (Wildman–Crippen LogP) is 1.45. The molecule has 1 atom stereocenters. The molecule has 0 aromatic carbocycles. The maximum Gasteiger partial charge on any atom is 0.126 e. The molecule has 1 saturated carbocycles. The van der Waals surface area contributed by atoms with Crippen molar-refractivity contribution in [3.63, 3.8) is 0 Å². The number of hydrogen-bond acceptors (Lipinski definition) is 3. The van der Waals surface area contributed by atoms with E-state index >= 15 is 0 Å². The van der Waals surface area contributed by atoms with Crippen LogP contribution in [0.2, 0.25) is 0 Å². The summed E-state index contributed by atoms with van der Waals surface area (Å²) in [6, 6.07) is 0. The molecule has 1 heterocycles. The number of nitrogens with one attached hydrogen (secondary N) is 1. The molecule has 84 valence electrons. The van der Waals surface area contributed by atoms with Crippen LogP contribution in [0.25, 0.3) is 0 Å². The highest BCUT2D eigenvalue weighted by molar-refractivity contribution is 5.19. The van der Waals surface area contributed by atoms with E-state index in [-0.39, 0.29) is 5.54 Å². The van der Waals surface area contributed by atoms with Crippen LogP contribution in [-0.2, 0) is 16.9 Å². The van der Waals surface area contributed by atoms with Crippen LogP contribution in [0.4, 0.5) is 0 Å². The van der Waals surface area contributed by atoms with Gasteiger partial charge in [0.1, 0.15) is 5.82 Å². The standard InChI is InChI=1S/C11H19N3O/c1-7-9(6-15-3)14-10(13-7)11(2,12)8-4-5-8/h8H,4-6,12H2,1-3H3,(H,13,14). The SMILES string of the molecule is COCc1nc(C(C)(N)C2CC2)[nH]c1C. The van der Waals surface area contributed by atoms with Crippen LogP contribution in [0.5, 0.6) is 0 Å². The summed E-state index contributed by atoms with van der Waals surface area (Å²) in [7, 11) is 1.68. The van der Waals surface area contributed by atoms with Crippen LogP contribution in [-0.4, -0.2) is 17.1 Å². The molecule has 0 saturated heterocycles. The molecule has 0 aliphatic heterocycles. The maximum absolute atomic E-state index is 6.29. The van der Waals surface area contributed by atoms with Gasteiger partial charge in [0.05, 0.1) is 17.8 Å². The molecule has 15 heavy (non-hydrogen) atoms. The second-order valence-electron chi connectivity index (χ2n) is 4.65. The van der Waals surface area contributed by atoms with Gasteiger partial charge in [-0.2, -0.15) is 0 Å². The lowest BCUT2D eigenvalue weighted by molar-refractivity contribution is 0.181. The Morgan fingerprint density at radius 1 is 1.60 bits per heavy atom. The van der Waals surface area contributed by atoms with Gasteiger partial charge in [-0.3, -0.25) is 0 Å². The third-order valence-corrected chi connectivity index (χ3v) is 3.20. The second-order valence-corrected chi connectivity index (χ2v) is 4.65. The number of imidazole rings is 1. The lowest BCUT2D eigenvalue weighted by atomic mass is 9.97. The largest absolute Gasteiger partial charge is 0.378 e. The molecule has 0 bridgehead atoms. The van der Waals surface area contributed by atoms with E-state index in [1.807, 2.05) is 6.92 Å². The van der Waals surface area contributed by atoms with Crippen molar-refractivity contribution >= 4 is 0 Å². The third-order valence-electron chi connectivity index (χ3n) is 3.20. The Morgan fingerprint density at radius 2 is 2.27 bits per heavy atom. The summed E-state index contributed by atoms with van der Waals surface area (Å²) in [6.07, 6.45) is 2.43. The summed E-state index contributed by atoms with van der Waals surface area (Å²) >= 11 is 0. The number of ether oxygens (including phenoxy) is 1. The molecular weight excluding hydrogens is 190 g/mol. The lowest BCUT2D eigenvalue weighted by Crippen LogP contribution is -2.36. The van der Waals surface area contributed by atoms with Gasteiger partial charge in [-0.25, -0.2) is 4.98 Å². The number of H-pyrrole nitrogens is 1. The molecule has 1 aromatic rings. The molecule has 3 N–H and O–H groups in total. The molecule has 0 spiro atoms. The smallest absolute Gasteiger partial charge is 0.126 e. The molecular formula is C11H19N3O. The van der Waals surface area contributed by atoms with Crippen LogP contribution in [0.1, 0.15) is 37.0 Å². The van der Waals surface area contributed by atoms with Crippen molar-refractivity contribution in [3.05, 3.63) is 17.2 Å². The van der Waals surface area contributed by atoms with Crippen molar-refractivity contribution in [3.8, 4) is 0 Å². The summed E-state index contributed by atoms with van der Waals surface area (Å²) in [5.74, 6) is 1.48. The van der Waals surface area contributed by atoms with Crippen LogP contribution >= 0.6 is 0 Å². The fourth-order valence-electron chi connectivity index (χ4n) is 1.91. The van der Waals surface area contributed by atoms with E-state index < -0.39 is 0 Å². The van der Waals surface area contributed by atoms with Crippen LogP contribution < -0.4 is 5.73 Å². The highest BCUT2D eigenvalue weighted by Gasteiger charge is 2.42. The fourth-order valence-corrected chi connectivity index (χ4v) is 1.91. The number of rotatable bonds is 4. The van der Waals surface area contributed by atoms with Gasteiger partial charge in [0.15, 0.2) is 0 Å². The van der Waals surface area contributed by atoms with Gasteiger partial charge in [0, 0.05) is 12.8 Å². The van der Waals surface area contributed by atoms with Crippen molar-refractivity contribution < 1.29 is 4.74 Å². The van der Waals surface area contributed by atoms with Gasteiger partial charge in [-0.05, 0) is 32.6 Å². The Labute approximate surface area is 90.2 Å². The molecule has 2 rings (SSSR count). The number of nitrogens with zero attached hydrogens (tertiary/aromatic N) is 1. The molecule has 4 heteroatoms. The summed E-state index contributed by atoms with van der Waals surface area (Å²) < 4.78 is 5.09. The first-order valence-electron chi connectivity index (χ1n) is 5.39.